The number of nitrogens with zero attached hydrogens (tertiary/aromatic N) is 1. The maximum atomic E-state index is 3.98. The normalized spacial score (nSPS) is 10.1. The maximum absolute atomic E-state index is 3.98. The number of aromatic nitrogens is 1. The molecule has 1 N–H and O–H groups in total. The minimum Gasteiger partial charge on any atom is -0.361 e. The molecule has 0 saturated carbocycles. The fraction of sp³-hybridized carbons (Fsp3) is 0.267. The van der Waals surface area contributed by atoms with E-state index in [2.05, 4.69) is 35.1 Å². The summed E-state index contributed by atoms with van der Waals surface area (Å²) < 4.78 is 0. The number of nitrogens with one attached hydrogen (secondary N) is 1. The van der Waals surface area contributed by atoms with Gasteiger partial charge in [0, 0.05) is 29.0 Å². The molecule has 1 heterocycles. The topological polar surface area (TPSA) is 28.1 Å². The highest BCUT2D eigenvalue weighted by Gasteiger charge is 1.94. The minimum absolute atomic E-state index is 1.10. The molecule has 1 aromatic carbocycles. The highest BCUT2D eigenvalue weighted by Crippen LogP contribution is 2.15. The van der Waals surface area contributed by atoms with Crippen molar-refractivity contribution < 1.29 is 0 Å². The number of allylic oxidation sites excluding steroid dienone is 1. The molecule has 0 atom stereocenters. The molecule has 0 unspecified atom stereocenters. The molecule has 90 valence electrons. The second-order valence-corrected chi connectivity index (χ2v) is 4.08. The lowest BCUT2D eigenvalue weighted by Gasteiger charge is -1.86. The van der Waals surface area contributed by atoms with Gasteiger partial charge in [-0.2, -0.15) is 0 Å². The Kier molecular flexibility index (Phi) is 5.21. The first-order chi connectivity index (χ1) is 8.15. The molecular formula is C15H20N2. The quantitative estimate of drug-likeness (QED) is 0.697. The third-order valence-corrected chi connectivity index (χ3v) is 2.28. The molecule has 2 nitrogen and oxygen atoms in total. The number of H-pyrrole nitrogens is 1. The average molecular weight is 228 g/mol. The van der Waals surface area contributed by atoms with E-state index in [4.69, 9.17) is 0 Å². The second-order valence-electron chi connectivity index (χ2n) is 4.08. The van der Waals surface area contributed by atoms with Crippen molar-refractivity contribution in [2.45, 2.75) is 27.7 Å². The molecule has 2 heteroatoms. The first-order valence-corrected chi connectivity index (χ1v) is 5.80. The predicted molar refractivity (Wildman–Crippen MR) is 76.6 cm³/mol. The summed E-state index contributed by atoms with van der Waals surface area (Å²) in [6.45, 7) is 8.01. The van der Waals surface area contributed by atoms with Crippen molar-refractivity contribution in [1.29, 1.82) is 0 Å². The zero-order chi connectivity index (χ0) is 12.7. The molecule has 0 fully saturated rings. The minimum atomic E-state index is 1.10. The van der Waals surface area contributed by atoms with Gasteiger partial charge < -0.3 is 4.98 Å². The van der Waals surface area contributed by atoms with Gasteiger partial charge in [0.2, 0.25) is 0 Å². The van der Waals surface area contributed by atoms with Gasteiger partial charge in [0.25, 0.3) is 0 Å². The van der Waals surface area contributed by atoms with Crippen LogP contribution in [0.15, 0.2) is 47.7 Å². The third-order valence-electron chi connectivity index (χ3n) is 2.28. The van der Waals surface area contributed by atoms with E-state index in [1.165, 1.54) is 16.5 Å². The average Bonchev–Trinajstić information content (AvgIpc) is 2.70. The number of aromatic amines is 1. The summed E-state index contributed by atoms with van der Waals surface area (Å²) in [5.74, 6) is 0. The molecule has 0 aliphatic rings. The van der Waals surface area contributed by atoms with Crippen LogP contribution < -0.4 is 0 Å². The number of para-hydroxylation sites is 1. The van der Waals surface area contributed by atoms with Gasteiger partial charge in [-0.3, -0.25) is 4.99 Å². The summed E-state index contributed by atoms with van der Waals surface area (Å²) in [4.78, 5) is 7.17. The van der Waals surface area contributed by atoms with Gasteiger partial charge in [0.1, 0.15) is 0 Å². The summed E-state index contributed by atoms with van der Waals surface area (Å²) in [7, 11) is 0. The first kappa shape index (κ1) is 13.2. The molecule has 2 rings (SSSR count). The number of aryl methyl sites for hydroxylation is 1. The molecule has 0 bridgehead atoms. The molecular weight excluding hydrogens is 208 g/mol. The van der Waals surface area contributed by atoms with Crippen molar-refractivity contribution in [3.63, 3.8) is 0 Å². The Morgan fingerprint density at radius 2 is 1.94 bits per heavy atom. The van der Waals surface area contributed by atoms with E-state index in [0.29, 0.717) is 0 Å². The van der Waals surface area contributed by atoms with Crippen LogP contribution in [-0.2, 0) is 0 Å². The van der Waals surface area contributed by atoms with Crippen LogP contribution in [0.2, 0.25) is 0 Å². The molecule has 2 aromatic rings. The molecule has 1 aromatic heterocycles. The summed E-state index contributed by atoms with van der Waals surface area (Å²) in [6.07, 6.45) is 5.73. The fourth-order valence-electron chi connectivity index (χ4n) is 1.44. The van der Waals surface area contributed by atoms with Gasteiger partial charge in [-0.1, -0.05) is 24.3 Å². The first-order valence-electron chi connectivity index (χ1n) is 5.80. The van der Waals surface area contributed by atoms with Crippen molar-refractivity contribution >= 4 is 16.6 Å². The number of hydrogen-bond acceptors (Lipinski definition) is 1. The van der Waals surface area contributed by atoms with Gasteiger partial charge in [-0.15, -0.1) is 0 Å². The lowest BCUT2D eigenvalue weighted by Crippen LogP contribution is -1.74. The van der Waals surface area contributed by atoms with Crippen LogP contribution >= 0.6 is 0 Å². The number of hydrogen-bond donors (Lipinski definition) is 1. The van der Waals surface area contributed by atoms with E-state index in [1.807, 2.05) is 39.1 Å². The van der Waals surface area contributed by atoms with Crippen LogP contribution in [0, 0.1) is 6.92 Å². The Hall–Kier alpha value is -1.83. The molecule has 0 amide bonds. The predicted octanol–water partition coefficient (Wildman–Crippen LogP) is 4.48. The largest absolute Gasteiger partial charge is 0.361 e. The number of benzene rings is 1. The van der Waals surface area contributed by atoms with Gasteiger partial charge in [0.15, 0.2) is 0 Å². The van der Waals surface area contributed by atoms with E-state index >= 15 is 0 Å². The number of aliphatic imine (C=N–C) groups is 1. The summed E-state index contributed by atoms with van der Waals surface area (Å²) >= 11 is 0. The Morgan fingerprint density at radius 3 is 2.47 bits per heavy atom. The second kappa shape index (κ2) is 6.69. The van der Waals surface area contributed by atoms with Crippen LogP contribution in [0.5, 0.6) is 0 Å². The SMILES string of the molecule is C/C=C\N=C(C)C.Cc1c[nH]c2ccccc12. The molecule has 0 saturated heterocycles. The van der Waals surface area contributed by atoms with E-state index in [-0.39, 0.29) is 0 Å². The molecule has 0 aliphatic heterocycles. The Morgan fingerprint density at radius 1 is 1.24 bits per heavy atom. The third kappa shape index (κ3) is 4.27. The molecule has 17 heavy (non-hydrogen) atoms. The molecule has 0 radical (unpaired) electrons. The van der Waals surface area contributed by atoms with Gasteiger partial charge >= 0.3 is 0 Å². The monoisotopic (exact) mass is 228 g/mol. The van der Waals surface area contributed by atoms with Gasteiger partial charge in [-0.05, 0) is 39.3 Å². The number of rotatable bonds is 1. The van der Waals surface area contributed by atoms with Crippen molar-refractivity contribution in [2.75, 3.05) is 0 Å². The summed E-state index contributed by atoms with van der Waals surface area (Å²) in [6, 6.07) is 8.31. The van der Waals surface area contributed by atoms with Crippen LogP contribution in [0.3, 0.4) is 0 Å². The van der Waals surface area contributed by atoms with Crippen LogP contribution in [0.4, 0.5) is 0 Å². The molecule has 0 spiro atoms. The van der Waals surface area contributed by atoms with Crippen molar-refractivity contribution in [3.05, 3.63) is 48.3 Å². The van der Waals surface area contributed by atoms with E-state index < -0.39 is 0 Å². The smallest absolute Gasteiger partial charge is 0.0456 e. The van der Waals surface area contributed by atoms with Crippen molar-refractivity contribution in [1.82, 2.24) is 4.98 Å². The summed E-state index contributed by atoms with van der Waals surface area (Å²) in [5.41, 5.74) is 3.63. The molecule has 0 aliphatic carbocycles. The van der Waals surface area contributed by atoms with Gasteiger partial charge in [0.05, 0.1) is 0 Å². The van der Waals surface area contributed by atoms with Crippen LogP contribution in [0.25, 0.3) is 10.9 Å². The fourth-order valence-corrected chi connectivity index (χ4v) is 1.44. The lowest BCUT2D eigenvalue weighted by atomic mass is 10.2. The van der Waals surface area contributed by atoms with Crippen LogP contribution in [0.1, 0.15) is 26.3 Å². The highest BCUT2D eigenvalue weighted by molar-refractivity contribution is 5.82. The number of fused-ring (bicyclic) bond motifs is 1. The standard InChI is InChI=1S/C9H9N.C6H11N/c1-7-6-10-9-5-3-2-4-8(7)9;1-4-5-7-6(2)3/h2-6,10H,1H3;4-5H,1-3H3/b;5-4-. The van der Waals surface area contributed by atoms with Gasteiger partial charge in [-0.25, -0.2) is 0 Å². The highest BCUT2D eigenvalue weighted by atomic mass is 14.7. The lowest BCUT2D eigenvalue weighted by molar-refractivity contribution is 1.43. The zero-order valence-corrected chi connectivity index (χ0v) is 11.0. The Bertz CT molecular complexity index is 514. The Labute approximate surface area is 103 Å². The maximum Gasteiger partial charge on any atom is 0.0456 e. The van der Waals surface area contributed by atoms with Crippen molar-refractivity contribution in [3.8, 4) is 0 Å². The van der Waals surface area contributed by atoms with E-state index in [1.54, 1.807) is 6.20 Å². The zero-order valence-electron chi connectivity index (χ0n) is 11.0. The van der Waals surface area contributed by atoms with E-state index in [0.717, 1.165) is 5.71 Å². The van der Waals surface area contributed by atoms with Crippen molar-refractivity contribution in [2.24, 2.45) is 4.99 Å². The Balaban J connectivity index is 0.000000185. The van der Waals surface area contributed by atoms with Crippen LogP contribution in [-0.4, -0.2) is 10.7 Å². The van der Waals surface area contributed by atoms with E-state index in [9.17, 15) is 0 Å². The summed E-state index contributed by atoms with van der Waals surface area (Å²) in [5, 5.41) is 1.32.